The van der Waals surface area contributed by atoms with Crippen LogP contribution in [0, 0.1) is 0 Å². The molecule has 0 aliphatic carbocycles. The highest BCUT2D eigenvalue weighted by molar-refractivity contribution is 5.94. The van der Waals surface area contributed by atoms with Crippen LogP contribution in [-0.4, -0.2) is 48.7 Å². The third-order valence-corrected chi connectivity index (χ3v) is 4.51. The van der Waals surface area contributed by atoms with Gasteiger partial charge in [-0.15, -0.1) is 0 Å². The summed E-state index contributed by atoms with van der Waals surface area (Å²) in [7, 11) is 1.64. The van der Waals surface area contributed by atoms with Gasteiger partial charge < -0.3 is 19.5 Å². The van der Waals surface area contributed by atoms with Crippen LogP contribution in [0.1, 0.15) is 28.3 Å². The molecule has 26 heavy (non-hydrogen) atoms. The van der Waals surface area contributed by atoms with Gasteiger partial charge in [0.1, 0.15) is 11.5 Å². The third-order valence-electron chi connectivity index (χ3n) is 4.51. The summed E-state index contributed by atoms with van der Waals surface area (Å²) in [4.78, 5) is 25.2. The van der Waals surface area contributed by atoms with E-state index in [-0.39, 0.29) is 5.91 Å². The van der Waals surface area contributed by atoms with Crippen molar-refractivity contribution in [2.45, 2.75) is 12.3 Å². The third kappa shape index (κ3) is 4.14. The molecule has 1 unspecified atom stereocenters. The minimum atomic E-state index is -1.05. The first-order valence-corrected chi connectivity index (χ1v) is 8.44. The van der Waals surface area contributed by atoms with E-state index in [0.29, 0.717) is 30.3 Å². The highest BCUT2D eigenvalue weighted by Gasteiger charge is 2.28. The molecular formula is C20H21NO5. The predicted octanol–water partition coefficient (Wildman–Crippen LogP) is 2.79. The Bertz CT molecular complexity index is 787. The fraction of sp³-hybridized carbons (Fsp3) is 0.300. The Labute approximate surface area is 152 Å². The lowest BCUT2D eigenvalue weighted by Crippen LogP contribution is -2.28. The molecule has 1 fully saturated rings. The van der Waals surface area contributed by atoms with Gasteiger partial charge in [0.05, 0.1) is 7.11 Å². The second-order valence-electron chi connectivity index (χ2n) is 6.22. The summed E-state index contributed by atoms with van der Waals surface area (Å²) in [6, 6.07) is 14.6. The molecule has 1 heterocycles. The Balaban J connectivity index is 1.65. The molecule has 136 valence electrons. The average molecular weight is 355 g/mol. The quantitative estimate of drug-likeness (QED) is 0.862. The zero-order valence-corrected chi connectivity index (χ0v) is 14.6. The molecule has 0 spiro atoms. The SMILES string of the molecule is COc1ccc(C2CCN(C(=O)c3cccc(OCC(=O)O)c3)C2)cc1. The number of carbonyl (C=O) groups excluding carboxylic acids is 1. The molecule has 0 aromatic heterocycles. The zero-order chi connectivity index (χ0) is 18.5. The standard InChI is InChI=1S/C20H21NO5/c1-25-17-7-5-14(6-8-17)16-9-10-21(12-16)20(24)15-3-2-4-18(11-15)26-13-19(22)23/h2-8,11,16H,9-10,12-13H2,1H3,(H,22,23). The van der Waals surface area contributed by atoms with Crippen molar-refractivity contribution in [3.63, 3.8) is 0 Å². The number of hydrogen-bond donors (Lipinski definition) is 1. The van der Waals surface area contributed by atoms with E-state index in [4.69, 9.17) is 14.6 Å². The van der Waals surface area contributed by atoms with Gasteiger partial charge in [0, 0.05) is 24.6 Å². The molecule has 1 atom stereocenters. The largest absolute Gasteiger partial charge is 0.497 e. The zero-order valence-electron chi connectivity index (χ0n) is 14.6. The summed E-state index contributed by atoms with van der Waals surface area (Å²) in [6.45, 7) is 0.919. The summed E-state index contributed by atoms with van der Waals surface area (Å²) in [5.41, 5.74) is 1.70. The molecule has 2 aromatic rings. The van der Waals surface area contributed by atoms with Crippen molar-refractivity contribution in [2.75, 3.05) is 26.8 Å². The van der Waals surface area contributed by atoms with Crippen molar-refractivity contribution in [3.8, 4) is 11.5 Å². The first-order chi connectivity index (χ1) is 12.6. The van der Waals surface area contributed by atoms with E-state index >= 15 is 0 Å². The lowest BCUT2D eigenvalue weighted by molar-refractivity contribution is -0.139. The van der Waals surface area contributed by atoms with Gasteiger partial charge in [-0.1, -0.05) is 18.2 Å². The van der Waals surface area contributed by atoms with Crippen molar-refractivity contribution in [1.29, 1.82) is 0 Å². The second kappa shape index (κ2) is 7.91. The number of methoxy groups -OCH3 is 1. The second-order valence-corrected chi connectivity index (χ2v) is 6.22. The number of carboxylic acids is 1. The maximum absolute atomic E-state index is 12.7. The molecule has 1 saturated heterocycles. The topological polar surface area (TPSA) is 76.1 Å². The Hall–Kier alpha value is -3.02. The number of ether oxygens (including phenoxy) is 2. The van der Waals surface area contributed by atoms with E-state index in [2.05, 4.69) is 0 Å². The number of hydrogen-bond acceptors (Lipinski definition) is 4. The smallest absolute Gasteiger partial charge is 0.341 e. The molecular weight excluding hydrogens is 334 g/mol. The van der Waals surface area contributed by atoms with Crippen molar-refractivity contribution in [1.82, 2.24) is 4.90 Å². The molecule has 1 amide bonds. The first kappa shape index (κ1) is 17.8. The van der Waals surface area contributed by atoms with Crippen LogP contribution in [0.15, 0.2) is 48.5 Å². The van der Waals surface area contributed by atoms with Crippen LogP contribution < -0.4 is 9.47 Å². The van der Waals surface area contributed by atoms with Gasteiger partial charge in [-0.05, 0) is 42.3 Å². The van der Waals surface area contributed by atoms with Crippen LogP contribution in [0.5, 0.6) is 11.5 Å². The molecule has 0 radical (unpaired) electrons. The van der Waals surface area contributed by atoms with Gasteiger partial charge >= 0.3 is 5.97 Å². The number of benzene rings is 2. The average Bonchev–Trinajstić information content (AvgIpc) is 3.16. The Morgan fingerprint density at radius 3 is 2.62 bits per heavy atom. The van der Waals surface area contributed by atoms with Crippen molar-refractivity contribution in [2.24, 2.45) is 0 Å². The fourth-order valence-electron chi connectivity index (χ4n) is 3.14. The van der Waals surface area contributed by atoms with Crippen LogP contribution in [0.2, 0.25) is 0 Å². The normalized spacial score (nSPS) is 16.3. The highest BCUT2D eigenvalue weighted by Crippen LogP contribution is 2.29. The van der Waals surface area contributed by atoms with Crippen molar-refractivity contribution in [3.05, 3.63) is 59.7 Å². The molecule has 3 rings (SSSR count). The number of carbonyl (C=O) groups is 2. The number of likely N-dealkylation sites (tertiary alicyclic amines) is 1. The van der Waals surface area contributed by atoms with Gasteiger partial charge in [-0.2, -0.15) is 0 Å². The lowest BCUT2D eigenvalue weighted by Gasteiger charge is -2.17. The molecule has 0 saturated carbocycles. The van der Waals surface area contributed by atoms with Gasteiger partial charge in [-0.25, -0.2) is 4.79 Å². The molecule has 0 bridgehead atoms. The van der Waals surface area contributed by atoms with Gasteiger partial charge in [0.15, 0.2) is 6.61 Å². The van der Waals surface area contributed by atoms with Crippen LogP contribution in [0.3, 0.4) is 0 Å². The summed E-state index contributed by atoms with van der Waals surface area (Å²) in [5.74, 6) is 0.378. The van der Waals surface area contributed by atoms with E-state index in [9.17, 15) is 9.59 Å². The molecule has 6 nitrogen and oxygen atoms in total. The maximum atomic E-state index is 12.7. The van der Waals surface area contributed by atoms with Crippen LogP contribution in [0.25, 0.3) is 0 Å². The molecule has 2 aromatic carbocycles. The van der Waals surface area contributed by atoms with Crippen molar-refractivity contribution < 1.29 is 24.2 Å². The summed E-state index contributed by atoms with van der Waals surface area (Å²) in [6.07, 6.45) is 0.910. The van der Waals surface area contributed by atoms with Crippen LogP contribution in [0.4, 0.5) is 0 Å². The Kier molecular flexibility index (Phi) is 5.41. The van der Waals surface area contributed by atoms with E-state index in [1.165, 1.54) is 5.56 Å². The van der Waals surface area contributed by atoms with Gasteiger partial charge in [-0.3, -0.25) is 4.79 Å². The molecule has 1 aliphatic rings. The molecule has 1 N–H and O–H groups in total. The van der Waals surface area contributed by atoms with Gasteiger partial charge in [0.2, 0.25) is 0 Å². The fourth-order valence-corrected chi connectivity index (χ4v) is 3.14. The van der Waals surface area contributed by atoms with E-state index in [1.807, 2.05) is 29.2 Å². The molecule has 6 heteroatoms. The van der Waals surface area contributed by atoms with E-state index < -0.39 is 12.6 Å². The van der Waals surface area contributed by atoms with Crippen LogP contribution >= 0.6 is 0 Å². The van der Waals surface area contributed by atoms with E-state index in [1.54, 1.807) is 31.4 Å². The maximum Gasteiger partial charge on any atom is 0.341 e. The molecule has 1 aliphatic heterocycles. The summed E-state index contributed by atoms with van der Waals surface area (Å²) < 4.78 is 10.3. The summed E-state index contributed by atoms with van der Waals surface area (Å²) in [5, 5.41) is 8.69. The highest BCUT2D eigenvalue weighted by atomic mass is 16.5. The van der Waals surface area contributed by atoms with Crippen LogP contribution in [-0.2, 0) is 4.79 Å². The lowest BCUT2D eigenvalue weighted by atomic mass is 9.98. The Morgan fingerprint density at radius 1 is 1.15 bits per heavy atom. The van der Waals surface area contributed by atoms with E-state index in [0.717, 1.165) is 12.2 Å². The first-order valence-electron chi connectivity index (χ1n) is 8.44. The monoisotopic (exact) mass is 355 g/mol. The Morgan fingerprint density at radius 2 is 1.92 bits per heavy atom. The van der Waals surface area contributed by atoms with Crippen molar-refractivity contribution >= 4 is 11.9 Å². The number of amides is 1. The number of aliphatic carboxylic acids is 1. The number of carboxylic acid groups (broad SMARTS) is 1. The summed E-state index contributed by atoms with van der Waals surface area (Å²) >= 11 is 0. The predicted molar refractivity (Wildman–Crippen MR) is 95.8 cm³/mol. The van der Waals surface area contributed by atoms with Gasteiger partial charge in [0.25, 0.3) is 5.91 Å². The minimum absolute atomic E-state index is 0.0678. The number of nitrogens with zero attached hydrogens (tertiary/aromatic N) is 1. The number of rotatable bonds is 6. The minimum Gasteiger partial charge on any atom is -0.497 e.